The van der Waals surface area contributed by atoms with Crippen LogP contribution in [0.25, 0.3) is 0 Å². The van der Waals surface area contributed by atoms with Gasteiger partial charge in [-0.15, -0.1) is 0 Å². The van der Waals surface area contributed by atoms with Crippen LogP contribution in [0.4, 0.5) is 11.6 Å². The third-order valence-corrected chi connectivity index (χ3v) is 5.58. The lowest BCUT2D eigenvalue weighted by molar-refractivity contribution is -0.384. The molecule has 0 fully saturated rings. The van der Waals surface area contributed by atoms with Crippen LogP contribution in [0.2, 0.25) is 0 Å². The number of nitro groups is 1. The van der Waals surface area contributed by atoms with E-state index < -0.39 is 16.9 Å². The second-order valence-corrected chi connectivity index (χ2v) is 8.21. The maximum absolute atomic E-state index is 12.8. The van der Waals surface area contributed by atoms with Gasteiger partial charge in [0.1, 0.15) is 0 Å². The molecule has 0 saturated carbocycles. The number of nitrogens with one attached hydrogen (secondary N) is 1. The molecule has 2 heterocycles. The Balaban J connectivity index is 2.19. The number of anilines is 1. The first-order valence-electron chi connectivity index (χ1n) is 10.3. The van der Waals surface area contributed by atoms with Gasteiger partial charge in [0.15, 0.2) is 0 Å². The molecule has 1 aliphatic rings. The molecule has 1 aliphatic heterocycles. The van der Waals surface area contributed by atoms with Gasteiger partial charge in [0, 0.05) is 36.5 Å². The van der Waals surface area contributed by atoms with Crippen molar-refractivity contribution in [3.8, 4) is 0 Å². The van der Waals surface area contributed by atoms with E-state index in [-0.39, 0.29) is 5.69 Å². The van der Waals surface area contributed by atoms with Crippen LogP contribution < -0.4 is 5.32 Å². The number of aromatic nitrogens is 2. The van der Waals surface area contributed by atoms with E-state index in [1.165, 1.54) is 19.2 Å². The number of fused-ring (bicyclic) bond motifs is 1. The van der Waals surface area contributed by atoms with E-state index in [2.05, 4.69) is 42.9 Å². The third-order valence-electron chi connectivity index (χ3n) is 5.58. The standard InChI is InChI=1S/C22H29N5O4/c1-13(2)25(14(3)4)12-18-11-23-22-24-15(5)19(21(28)31-6)20(26(18)22)16-8-7-9-17(10-16)27(29)30/h7-11,13-14,20H,12H2,1-6H3,(H,23,24). The van der Waals surface area contributed by atoms with E-state index in [1.807, 2.05) is 4.57 Å². The molecule has 31 heavy (non-hydrogen) atoms. The minimum Gasteiger partial charge on any atom is -0.466 e. The van der Waals surface area contributed by atoms with Gasteiger partial charge in [-0.05, 0) is 40.2 Å². The predicted molar refractivity (Wildman–Crippen MR) is 118 cm³/mol. The van der Waals surface area contributed by atoms with Gasteiger partial charge in [0.05, 0.1) is 35.5 Å². The maximum Gasteiger partial charge on any atom is 0.337 e. The zero-order valence-electron chi connectivity index (χ0n) is 18.7. The number of esters is 1. The Morgan fingerprint density at radius 3 is 2.58 bits per heavy atom. The number of hydrogen-bond acceptors (Lipinski definition) is 7. The van der Waals surface area contributed by atoms with Crippen molar-refractivity contribution < 1.29 is 14.5 Å². The number of rotatable bonds is 7. The number of benzene rings is 1. The summed E-state index contributed by atoms with van der Waals surface area (Å²) in [5, 5.41) is 14.6. The van der Waals surface area contributed by atoms with Gasteiger partial charge in [-0.2, -0.15) is 0 Å². The van der Waals surface area contributed by atoms with Gasteiger partial charge in [0.25, 0.3) is 5.69 Å². The zero-order chi connectivity index (χ0) is 22.9. The molecule has 0 radical (unpaired) electrons. The van der Waals surface area contributed by atoms with Crippen LogP contribution in [0.5, 0.6) is 0 Å². The lowest BCUT2D eigenvalue weighted by Gasteiger charge is -2.34. The van der Waals surface area contributed by atoms with Crippen molar-refractivity contribution in [3.63, 3.8) is 0 Å². The number of hydrogen-bond donors (Lipinski definition) is 1. The molecule has 0 aliphatic carbocycles. The fraction of sp³-hybridized carbons (Fsp3) is 0.455. The van der Waals surface area contributed by atoms with Crippen LogP contribution in [-0.2, 0) is 16.1 Å². The van der Waals surface area contributed by atoms with Crippen LogP contribution in [-0.4, -0.2) is 44.5 Å². The fourth-order valence-electron chi connectivity index (χ4n) is 4.11. The lowest BCUT2D eigenvalue weighted by atomic mass is 9.94. The first kappa shape index (κ1) is 22.5. The Kier molecular flexibility index (Phi) is 6.45. The average molecular weight is 428 g/mol. The molecule has 1 atom stereocenters. The van der Waals surface area contributed by atoms with Crippen molar-refractivity contribution in [1.29, 1.82) is 0 Å². The molecule has 0 spiro atoms. The fourth-order valence-corrected chi connectivity index (χ4v) is 4.11. The molecule has 9 heteroatoms. The first-order chi connectivity index (χ1) is 14.6. The SMILES string of the molecule is COC(=O)C1=C(C)Nc2ncc(CN(C(C)C)C(C)C)n2C1c1cccc([N+](=O)[O-])c1. The molecule has 0 bridgehead atoms. The molecule has 166 valence electrons. The van der Waals surface area contributed by atoms with E-state index in [1.54, 1.807) is 25.3 Å². The topological polar surface area (TPSA) is 103 Å². The molecule has 1 aromatic heterocycles. The minimum atomic E-state index is -0.595. The summed E-state index contributed by atoms with van der Waals surface area (Å²) in [5.41, 5.74) is 2.49. The van der Waals surface area contributed by atoms with E-state index in [4.69, 9.17) is 4.74 Å². The van der Waals surface area contributed by atoms with Gasteiger partial charge in [-0.25, -0.2) is 9.78 Å². The summed E-state index contributed by atoms with van der Waals surface area (Å²) in [6.45, 7) is 10.9. The van der Waals surface area contributed by atoms with Crippen molar-refractivity contribution in [2.75, 3.05) is 12.4 Å². The summed E-state index contributed by atoms with van der Waals surface area (Å²) in [6, 6.07) is 6.37. The predicted octanol–water partition coefficient (Wildman–Crippen LogP) is 3.87. The van der Waals surface area contributed by atoms with Crippen molar-refractivity contribution >= 4 is 17.6 Å². The van der Waals surface area contributed by atoms with Crippen LogP contribution in [0.1, 0.15) is 51.9 Å². The molecule has 1 aromatic carbocycles. The molecule has 3 rings (SSSR count). The van der Waals surface area contributed by atoms with Crippen molar-refractivity contribution in [2.45, 2.75) is 59.3 Å². The van der Waals surface area contributed by atoms with Gasteiger partial charge in [0.2, 0.25) is 5.95 Å². The Hall–Kier alpha value is -3.20. The highest BCUT2D eigenvalue weighted by molar-refractivity contribution is 5.92. The van der Waals surface area contributed by atoms with E-state index in [9.17, 15) is 14.9 Å². The monoisotopic (exact) mass is 427 g/mol. The summed E-state index contributed by atoms with van der Waals surface area (Å²) in [6.07, 6.45) is 1.79. The summed E-state index contributed by atoms with van der Waals surface area (Å²) in [5.74, 6) is 0.0977. The van der Waals surface area contributed by atoms with Crippen molar-refractivity contribution in [3.05, 3.63) is 63.1 Å². The molecule has 2 aromatic rings. The Morgan fingerprint density at radius 2 is 2.00 bits per heavy atom. The third kappa shape index (κ3) is 4.32. The molecule has 0 amide bonds. The highest BCUT2D eigenvalue weighted by Crippen LogP contribution is 2.39. The van der Waals surface area contributed by atoms with Crippen molar-refractivity contribution in [2.24, 2.45) is 0 Å². The lowest BCUT2D eigenvalue weighted by Crippen LogP contribution is -2.38. The molecule has 9 nitrogen and oxygen atoms in total. The largest absolute Gasteiger partial charge is 0.466 e. The number of allylic oxidation sites excluding steroid dienone is 1. The van der Waals surface area contributed by atoms with Crippen LogP contribution in [0.3, 0.4) is 0 Å². The maximum atomic E-state index is 12.8. The van der Waals surface area contributed by atoms with Gasteiger partial charge in [-0.3, -0.25) is 15.0 Å². The number of nitro benzene ring substituents is 1. The van der Waals surface area contributed by atoms with E-state index >= 15 is 0 Å². The minimum absolute atomic E-state index is 0.0351. The number of ether oxygens (including phenoxy) is 1. The average Bonchev–Trinajstić information content (AvgIpc) is 3.12. The number of imidazole rings is 1. The summed E-state index contributed by atoms with van der Waals surface area (Å²) >= 11 is 0. The zero-order valence-corrected chi connectivity index (χ0v) is 18.7. The van der Waals surface area contributed by atoms with Crippen molar-refractivity contribution in [1.82, 2.24) is 14.5 Å². The molecule has 0 saturated heterocycles. The highest BCUT2D eigenvalue weighted by atomic mass is 16.6. The highest BCUT2D eigenvalue weighted by Gasteiger charge is 2.36. The number of nitrogens with zero attached hydrogens (tertiary/aromatic N) is 4. The first-order valence-corrected chi connectivity index (χ1v) is 10.3. The van der Waals surface area contributed by atoms with Crippen LogP contribution >= 0.6 is 0 Å². The summed E-state index contributed by atoms with van der Waals surface area (Å²) in [7, 11) is 1.33. The Morgan fingerprint density at radius 1 is 1.32 bits per heavy atom. The summed E-state index contributed by atoms with van der Waals surface area (Å²) in [4.78, 5) is 30.6. The Bertz CT molecular complexity index is 1020. The number of carbonyl (C=O) groups excluding carboxylic acids is 1. The van der Waals surface area contributed by atoms with Crippen LogP contribution in [0.15, 0.2) is 41.7 Å². The van der Waals surface area contributed by atoms with Gasteiger partial charge < -0.3 is 14.6 Å². The smallest absolute Gasteiger partial charge is 0.337 e. The second kappa shape index (κ2) is 8.89. The number of carbonyl (C=O) groups is 1. The van der Waals surface area contributed by atoms with Gasteiger partial charge >= 0.3 is 5.97 Å². The van der Waals surface area contributed by atoms with E-state index in [0.717, 1.165) is 5.69 Å². The molecule has 1 N–H and O–H groups in total. The molecule has 1 unspecified atom stereocenters. The second-order valence-electron chi connectivity index (χ2n) is 8.21. The van der Waals surface area contributed by atoms with Crippen LogP contribution in [0, 0.1) is 10.1 Å². The molecular formula is C22H29N5O4. The number of methoxy groups -OCH3 is 1. The van der Waals surface area contributed by atoms with E-state index in [0.29, 0.717) is 41.4 Å². The Labute approximate surface area is 181 Å². The summed E-state index contributed by atoms with van der Waals surface area (Å²) < 4.78 is 7.00. The number of non-ortho nitro benzene ring substituents is 1. The quantitative estimate of drug-likeness (QED) is 0.406. The normalized spacial score (nSPS) is 16.0. The van der Waals surface area contributed by atoms with Gasteiger partial charge in [-0.1, -0.05) is 12.1 Å². The molecular weight excluding hydrogens is 398 g/mol.